The molecule has 0 aliphatic rings. The summed E-state index contributed by atoms with van der Waals surface area (Å²) >= 11 is 11.0. The van der Waals surface area contributed by atoms with Crippen LogP contribution < -0.4 is 5.73 Å². The second-order valence-electron chi connectivity index (χ2n) is 4.15. The summed E-state index contributed by atoms with van der Waals surface area (Å²) in [6.45, 7) is 0.985. The Labute approximate surface area is 123 Å². The van der Waals surface area contributed by atoms with Gasteiger partial charge in [0.25, 0.3) is 0 Å². The maximum absolute atomic E-state index is 6.06. The normalized spacial score (nSPS) is 10.4. The van der Waals surface area contributed by atoms with E-state index in [1.165, 1.54) is 0 Å². The molecule has 0 atom stereocenters. The van der Waals surface area contributed by atoms with E-state index in [0.717, 1.165) is 21.7 Å². The van der Waals surface area contributed by atoms with Crippen molar-refractivity contribution in [1.29, 1.82) is 0 Å². The molecule has 2 N–H and O–H groups in total. The summed E-state index contributed by atoms with van der Waals surface area (Å²) in [6, 6.07) is 15.4. The van der Waals surface area contributed by atoms with Gasteiger partial charge in [-0.2, -0.15) is 0 Å². The fraction of sp³-hybridized carbons (Fsp3) is 0.133. The molecular weight excluding hydrogens is 278 g/mol. The Morgan fingerprint density at radius 2 is 1.89 bits per heavy atom. The fourth-order valence-corrected chi connectivity index (χ4v) is 2.03. The minimum atomic E-state index is 0.396. The van der Waals surface area contributed by atoms with Crippen molar-refractivity contribution in [2.75, 3.05) is 0 Å². The van der Waals surface area contributed by atoms with E-state index in [0.29, 0.717) is 18.2 Å². The standard InChI is InChI=1S/C15H14ClNOS/c16-14-7-2-1-5-13(14)10-18-9-11-4-3-6-12(8-11)15(17)19/h1-8H,9-10H2,(H2,17,19). The molecular formula is C15H14ClNOS. The first-order valence-electron chi connectivity index (χ1n) is 5.86. The average Bonchev–Trinajstić information content (AvgIpc) is 2.41. The second-order valence-corrected chi connectivity index (χ2v) is 5.00. The topological polar surface area (TPSA) is 35.2 Å². The molecule has 0 spiro atoms. The van der Waals surface area contributed by atoms with E-state index in [2.05, 4.69) is 0 Å². The van der Waals surface area contributed by atoms with Gasteiger partial charge in [0, 0.05) is 10.6 Å². The molecule has 0 saturated heterocycles. The van der Waals surface area contributed by atoms with Crippen LogP contribution >= 0.6 is 23.8 Å². The van der Waals surface area contributed by atoms with Crippen molar-refractivity contribution in [2.24, 2.45) is 5.73 Å². The van der Waals surface area contributed by atoms with Gasteiger partial charge < -0.3 is 10.5 Å². The van der Waals surface area contributed by atoms with Gasteiger partial charge in [-0.05, 0) is 23.3 Å². The predicted octanol–water partition coefficient (Wildman–Crippen LogP) is 3.69. The summed E-state index contributed by atoms with van der Waals surface area (Å²) in [5.74, 6) is 0. The van der Waals surface area contributed by atoms with Gasteiger partial charge in [0.1, 0.15) is 4.99 Å². The molecule has 2 nitrogen and oxygen atoms in total. The molecule has 4 heteroatoms. The first-order chi connectivity index (χ1) is 9.16. The van der Waals surface area contributed by atoms with Crippen LogP contribution in [-0.4, -0.2) is 4.99 Å². The molecule has 0 bridgehead atoms. The number of hydrogen-bond donors (Lipinski definition) is 1. The largest absolute Gasteiger partial charge is 0.389 e. The Kier molecular flexibility index (Phi) is 4.91. The molecule has 0 aromatic heterocycles. The SMILES string of the molecule is NC(=S)c1cccc(COCc2ccccc2Cl)c1. The molecule has 0 fully saturated rings. The third-order valence-corrected chi connectivity index (χ3v) is 3.30. The van der Waals surface area contributed by atoms with Crippen LogP contribution in [0.3, 0.4) is 0 Å². The second kappa shape index (κ2) is 6.66. The molecule has 2 aromatic carbocycles. The zero-order valence-electron chi connectivity index (χ0n) is 10.3. The molecule has 0 unspecified atom stereocenters. The Bertz CT molecular complexity index is 586. The summed E-state index contributed by atoms with van der Waals surface area (Å²) in [5, 5.41) is 0.722. The van der Waals surface area contributed by atoms with Crippen molar-refractivity contribution in [3.63, 3.8) is 0 Å². The molecule has 0 amide bonds. The molecule has 2 aromatic rings. The van der Waals surface area contributed by atoms with Crippen molar-refractivity contribution in [3.05, 3.63) is 70.2 Å². The highest BCUT2D eigenvalue weighted by molar-refractivity contribution is 7.80. The Balaban J connectivity index is 1.94. The highest BCUT2D eigenvalue weighted by Crippen LogP contribution is 2.16. The van der Waals surface area contributed by atoms with E-state index in [1.807, 2.05) is 48.5 Å². The number of thiocarbonyl (C=S) groups is 1. The number of benzene rings is 2. The van der Waals surface area contributed by atoms with Gasteiger partial charge in [-0.3, -0.25) is 0 Å². The zero-order valence-corrected chi connectivity index (χ0v) is 11.9. The van der Waals surface area contributed by atoms with Crippen LogP contribution in [-0.2, 0) is 18.0 Å². The molecule has 98 valence electrons. The summed E-state index contributed by atoms with van der Waals surface area (Å²) in [4.78, 5) is 0.396. The molecule has 0 saturated carbocycles. The first kappa shape index (κ1) is 14.0. The minimum Gasteiger partial charge on any atom is -0.389 e. The Morgan fingerprint density at radius 3 is 2.63 bits per heavy atom. The third-order valence-electron chi connectivity index (χ3n) is 2.70. The smallest absolute Gasteiger partial charge is 0.103 e. The summed E-state index contributed by atoms with van der Waals surface area (Å²) in [6.07, 6.45) is 0. The van der Waals surface area contributed by atoms with Crippen molar-refractivity contribution < 1.29 is 4.74 Å². The number of nitrogens with two attached hydrogens (primary N) is 1. The maximum atomic E-state index is 6.06. The fourth-order valence-electron chi connectivity index (χ4n) is 1.71. The van der Waals surface area contributed by atoms with Crippen LogP contribution in [0.25, 0.3) is 0 Å². The van der Waals surface area contributed by atoms with E-state index in [1.54, 1.807) is 0 Å². The number of halogens is 1. The summed E-state index contributed by atoms with van der Waals surface area (Å²) < 4.78 is 5.65. The van der Waals surface area contributed by atoms with Gasteiger partial charge >= 0.3 is 0 Å². The van der Waals surface area contributed by atoms with Crippen LogP contribution in [0.4, 0.5) is 0 Å². The number of rotatable bonds is 5. The van der Waals surface area contributed by atoms with Crippen LogP contribution in [0.2, 0.25) is 5.02 Å². The van der Waals surface area contributed by atoms with Gasteiger partial charge in [0.15, 0.2) is 0 Å². The van der Waals surface area contributed by atoms with Crippen LogP contribution in [0, 0.1) is 0 Å². The molecule has 0 radical (unpaired) electrons. The van der Waals surface area contributed by atoms with Crippen molar-refractivity contribution in [1.82, 2.24) is 0 Å². The predicted molar refractivity (Wildman–Crippen MR) is 82.3 cm³/mol. The lowest BCUT2D eigenvalue weighted by Gasteiger charge is -2.07. The van der Waals surface area contributed by atoms with Crippen molar-refractivity contribution in [3.8, 4) is 0 Å². The van der Waals surface area contributed by atoms with Gasteiger partial charge in [-0.25, -0.2) is 0 Å². The molecule has 0 aliphatic heterocycles. The molecule has 0 aliphatic carbocycles. The van der Waals surface area contributed by atoms with Gasteiger partial charge in [-0.15, -0.1) is 0 Å². The van der Waals surface area contributed by atoms with E-state index in [4.69, 9.17) is 34.3 Å². The van der Waals surface area contributed by atoms with Gasteiger partial charge in [-0.1, -0.05) is 60.2 Å². The van der Waals surface area contributed by atoms with Crippen LogP contribution in [0.5, 0.6) is 0 Å². The summed E-state index contributed by atoms with van der Waals surface area (Å²) in [7, 11) is 0. The lowest BCUT2D eigenvalue weighted by atomic mass is 10.1. The third kappa shape index (κ3) is 4.03. The minimum absolute atomic E-state index is 0.396. The van der Waals surface area contributed by atoms with E-state index >= 15 is 0 Å². The maximum Gasteiger partial charge on any atom is 0.103 e. The highest BCUT2D eigenvalue weighted by atomic mass is 35.5. The Hall–Kier alpha value is -1.42. The van der Waals surface area contributed by atoms with Crippen LogP contribution in [0.1, 0.15) is 16.7 Å². The van der Waals surface area contributed by atoms with Crippen molar-refractivity contribution >= 4 is 28.8 Å². The molecule has 19 heavy (non-hydrogen) atoms. The van der Waals surface area contributed by atoms with Crippen molar-refractivity contribution in [2.45, 2.75) is 13.2 Å². The molecule has 2 rings (SSSR count). The van der Waals surface area contributed by atoms with Crippen LogP contribution in [0.15, 0.2) is 48.5 Å². The molecule has 0 heterocycles. The lowest BCUT2D eigenvalue weighted by Crippen LogP contribution is -2.09. The zero-order chi connectivity index (χ0) is 13.7. The average molecular weight is 292 g/mol. The monoisotopic (exact) mass is 291 g/mol. The van der Waals surface area contributed by atoms with Gasteiger partial charge in [0.05, 0.1) is 13.2 Å². The van der Waals surface area contributed by atoms with E-state index in [9.17, 15) is 0 Å². The quantitative estimate of drug-likeness (QED) is 0.853. The highest BCUT2D eigenvalue weighted by Gasteiger charge is 2.01. The van der Waals surface area contributed by atoms with E-state index in [-0.39, 0.29) is 0 Å². The Morgan fingerprint density at radius 1 is 1.11 bits per heavy atom. The van der Waals surface area contributed by atoms with E-state index < -0.39 is 0 Å². The lowest BCUT2D eigenvalue weighted by molar-refractivity contribution is 0.107. The first-order valence-corrected chi connectivity index (χ1v) is 6.65. The van der Waals surface area contributed by atoms with Gasteiger partial charge in [0.2, 0.25) is 0 Å². The number of ether oxygens (including phenoxy) is 1. The number of hydrogen-bond acceptors (Lipinski definition) is 2. The summed E-state index contributed by atoms with van der Waals surface area (Å²) in [5.41, 5.74) is 8.47.